The van der Waals surface area contributed by atoms with Gasteiger partial charge in [-0.2, -0.15) is 0 Å². The van der Waals surface area contributed by atoms with Gasteiger partial charge in [0, 0.05) is 51.7 Å². The van der Waals surface area contributed by atoms with Crippen molar-refractivity contribution in [1.82, 2.24) is 20.4 Å². The molecule has 0 aromatic rings. The number of carbonyl (C=O) groups is 1. The van der Waals surface area contributed by atoms with Gasteiger partial charge in [0.25, 0.3) is 0 Å². The fraction of sp³-hybridized carbons (Fsp3) is 0.933. The molecule has 0 saturated carbocycles. The first-order chi connectivity index (χ1) is 9.56. The Bertz CT molecular complexity index is 277. The summed E-state index contributed by atoms with van der Waals surface area (Å²) < 4.78 is 0. The minimum atomic E-state index is 0.0419. The summed E-state index contributed by atoms with van der Waals surface area (Å²) in [5.74, 6) is 0.705. The van der Waals surface area contributed by atoms with Crippen LogP contribution < -0.4 is 10.6 Å². The molecule has 5 nitrogen and oxygen atoms in total. The van der Waals surface area contributed by atoms with Crippen molar-refractivity contribution in [2.24, 2.45) is 11.8 Å². The van der Waals surface area contributed by atoms with Crippen molar-refractivity contribution in [1.29, 1.82) is 0 Å². The number of carbonyl (C=O) groups excluding carboxylic acids is 1. The van der Waals surface area contributed by atoms with E-state index in [1.807, 2.05) is 14.0 Å². The Labute approximate surface area is 124 Å². The fourth-order valence-electron chi connectivity index (χ4n) is 2.64. The average molecular weight is 284 g/mol. The second-order valence-electron chi connectivity index (χ2n) is 6.04. The van der Waals surface area contributed by atoms with Gasteiger partial charge < -0.3 is 20.4 Å². The van der Waals surface area contributed by atoms with E-state index in [-0.39, 0.29) is 11.8 Å². The molecule has 20 heavy (non-hydrogen) atoms. The Morgan fingerprint density at radius 2 is 1.70 bits per heavy atom. The first kappa shape index (κ1) is 17.4. The molecule has 2 atom stereocenters. The zero-order chi connectivity index (χ0) is 15.0. The fourth-order valence-corrected chi connectivity index (χ4v) is 2.64. The van der Waals surface area contributed by atoms with Gasteiger partial charge in [-0.05, 0) is 19.5 Å². The van der Waals surface area contributed by atoms with E-state index in [2.05, 4.69) is 34.3 Å². The van der Waals surface area contributed by atoms with Crippen LogP contribution in [0.2, 0.25) is 0 Å². The van der Waals surface area contributed by atoms with Gasteiger partial charge in [-0.3, -0.25) is 4.79 Å². The molecule has 118 valence electrons. The minimum absolute atomic E-state index is 0.0419. The highest BCUT2D eigenvalue weighted by Gasteiger charge is 2.18. The van der Waals surface area contributed by atoms with E-state index >= 15 is 0 Å². The van der Waals surface area contributed by atoms with E-state index in [9.17, 15) is 4.79 Å². The summed E-state index contributed by atoms with van der Waals surface area (Å²) in [6.07, 6.45) is 0. The molecule has 1 aliphatic rings. The second kappa shape index (κ2) is 9.32. The minimum Gasteiger partial charge on any atom is -0.356 e. The monoisotopic (exact) mass is 284 g/mol. The Morgan fingerprint density at radius 3 is 2.25 bits per heavy atom. The number of amides is 1. The molecular formula is C15H32N4O. The Balaban J connectivity index is 2.17. The topological polar surface area (TPSA) is 47.6 Å². The maximum Gasteiger partial charge on any atom is 0.224 e. The molecule has 1 amide bonds. The summed E-state index contributed by atoms with van der Waals surface area (Å²) in [5, 5.41) is 6.10. The van der Waals surface area contributed by atoms with Crippen molar-refractivity contribution in [3.8, 4) is 0 Å². The molecule has 2 unspecified atom stereocenters. The van der Waals surface area contributed by atoms with Crippen LogP contribution in [0.4, 0.5) is 0 Å². The standard InChI is InChI=1S/C15H32N4O/c1-5-18-6-8-19(9-7-18)12-13(2)10-17-15(20)14(3)11-16-4/h13-14,16H,5-12H2,1-4H3,(H,17,20). The summed E-state index contributed by atoms with van der Waals surface area (Å²) in [5.41, 5.74) is 0. The predicted molar refractivity (Wildman–Crippen MR) is 83.8 cm³/mol. The smallest absolute Gasteiger partial charge is 0.224 e. The molecule has 5 heteroatoms. The van der Waals surface area contributed by atoms with Crippen LogP contribution in [0.25, 0.3) is 0 Å². The van der Waals surface area contributed by atoms with Crippen LogP contribution in [-0.2, 0) is 4.79 Å². The molecule has 0 aliphatic carbocycles. The lowest BCUT2D eigenvalue weighted by molar-refractivity contribution is -0.124. The van der Waals surface area contributed by atoms with Crippen molar-refractivity contribution < 1.29 is 4.79 Å². The number of rotatable bonds is 8. The number of nitrogens with zero attached hydrogens (tertiary/aromatic N) is 2. The molecule has 0 radical (unpaired) electrons. The molecule has 2 N–H and O–H groups in total. The highest BCUT2D eigenvalue weighted by atomic mass is 16.1. The van der Waals surface area contributed by atoms with Gasteiger partial charge in [0.05, 0.1) is 0 Å². The summed E-state index contributed by atoms with van der Waals surface area (Å²) in [7, 11) is 1.88. The molecular weight excluding hydrogens is 252 g/mol. The number of hydrogen-bond donors (Lipinski definition) is 2. The molecule has 1 aliphatic heterocycles. The van der Waals surface area contributed by atoms with Crippen molar-refractivity contribution in [2.75, 3.05) is 59.4 Å². The van der Waals surface area contributed by atoms with Crippen molar-refractivity contribution in [3.05, 3.63) is 0 Å². The van der Waals surface area contributed by atoms with Gasteiger partial charge in [-0.1, -0.05) is 20.8 Å². The molecule has 1 saturated heterocycles. The zero-order valence-corrected chi connectivity index (χ0v) is 13.6. The number of likely N-dealkylation sites (N-methyl/N-ethyl adjacent to an activating group) is 1. The Hall–Kier alpha value is -0.650. The van der Waals surface area contributed by atoms with E-state index in [0.29, 0.717) is 5.92 Å². The number of hydrogen-bond acceptors (Lipinski definition) is 4. The van der Waals surface area contributed by atoms with Crippen LogP contribution in [0.1, 0.15) is 20.8 Å². The van der Waals surface area contributed by atoms with Crippen LogP contribution in [0, 0.1) is 11.8 Å². The predicted octanol–water partition coefficient (Wildman–Crippen LogP) is 0.232. The van der Waals surface area contributed by atoms with Gasteiger partial charge in [-0.15, -0.1) is 0 Å². The second-order valence-corrected chi connectivity index (χ2v) is 6.04. The number of piperazine rings is 1. The van der Waals surface area contributed by atoms with Crippen LogP contribution in [0.3, 0.4) is 0 Å². The quantitative estimate of drug-likeness (QED) is 0.670. The SMILES string of the molecule is CCN1CCN(CC(C)CNC(=O)C(C)CNC)CC1. The van der Waals surface area contributed by atoms with Crippen molar-refractivity contribution in [2.45, 2.75) is 20.8 Å². The third-order valence-corrected chi connectivity index (χ3v) is 4.06. The Morgan fingerprint density at radius 1 is 1.10 bits per heavy atom. The summed E-state index contributed by atoms with van der Waals surface area (Å²) in [6, 6.07) is 0. The number of nitrogens with one attached hydrogen (secondary N) is 2. The first-order valence-electron chi connectivity index (χ1n) is 7.93. The summed E-state index contributed by atoms with van der Waals surface area (Å²) in [4.78, 5) is 16.8. The molecule has 0 bridgehead atoms. The molecule has 0 aromatic carbocycles. The maximum atomic E-state index is 11.8. The van der Waals surface area contributed by atoms with Gasteiger partial charge in [0.1, 0.15) is 0 Å². The molecule has 1 heterocycles. The first-order valence-corrected chi connectivity index (χ1v) is 7.93. The molecule has 1 rings (SSSR count). The van der Waals surface area contributed by atoms with E-state index in [4.69, 9.17) is 0 Å². The van der Waals surface area contributed by atoms with E-state index in [0.717, 1.165) is 39.3 Å². The van der Waals surface area contributed by atoms with Crippen LogP contribution in [-0.4, -0.2) is 75.1 Å². The van der Waals surface area contributed by atoms with Gasteiger partial charge in [-0.25, -0.2) is 0 Å². The summed E-state index contributed by atoms with van der Waals surface area (Å²) >= 11 is 0. The summed E-state index contributed by atoms with van der Waals surface area (Å²) in [6.45, 7) is 14.8. The molecule has 0 spiro atoms. The Kier molecular flexibility index (Phi) is 8.11. The van der Waals surface area contributed by atoms with Crippen LogP contribution in [0.15, 0.2) is 0 Å². The van der Waals surface area contributed by atoms with Gasteiger partial charge >= 0.3 is 0 Å². The van der Waals surface area contributed by atoms with Crippen molar-refractivity contribution in [3.63, 3.8) is 0 Å². The van der Waals surface area contributed by atoms with E-state index in [1.165, 1.54) is 13.1 Å². The van der Waals surface area contributed by atoms with Gasteiger partial charge in [0.2, 0.25) is 5.91 Å². The molecule has 0 aromatic heterocycles. The third-order valence-electron chi connectivity index (χ3n) is 4.06. The lowest BCUT2D eigenvalue weighted by atomic mass is 10.1. The van der Waals surface area contributed by atoms with E-state index in [1.54, 1.807) is 0 Å². The normalized spacial score (nSPS) is 20.6. The largest absolute Gasteiger partial charge is 0.356 e. The van der Waals surface area contributed by atoms with E-state index < -0.39 is 0 Å². The average Bonchev–Trinajstić information content (AvgIpc) is 2.45. The zero-order valence-electron chi connectivity index (χ0n) is 13.6. The van der Waals surface area contributed by atoms with Gasteiger partial charge in [0.15, 0.2) is 0 Å². The highest BCUT2D eigenvalue weighted by Crippen LogP contribution is 2.05. The van der Waals surface area contributed by atoms with Crippen LogP contribution in [0.5, 0.6) is 0 Å². The highest BCUT2D eigenvalue weighted by molar-refractivity contribution is 5.78. The van der Waals surface area contributed by atoms with Crippen molar-refractivity contribution >= 4 is 5.91 Å². The maximum absolute atomic E-state index is 11.8. The molecule has 1 fully saturated rings. The van der Waals surface area contributed by atoms with Crippen LogP contribution >= 0.6 is 0 Å². The lowest BCUT2D eigenvalue weighted by Crippen LogP contribution is -2.48. The third kappa shape index (κ3) is 6.20. The lowest BCUT2D eigenvalue weighted by Gasteiger charge is -2.35.